The Balaban J connectivity index is 2.79. The van der Waals surface area contributed by atoms with E-state index in [0.29, 0.717) is 5.75 Å². The summed E-state index contributed by atoms with van der Waals surface area (Å²) in [4.78, 5) is 0.885. The second-order valence-corrected chi connectivity index (χ2v) is 6.18. The fraction of sp³-hybridized carbons (Fsp3) is 0.250. The molecule has 6 heteroatoms. The molecule has 0 aromatic heterocycles. The molecule has 0 radical (unpaired) electrons. The monoisotopic (exact) mass is 254 g/mol. The van der Waals surface area contributed by atoms with Gasteiger partial charge in [0.25, 0.3) is 9.05 Å². The molecule has 0 N–H and O–H groups in total. The molecule has 78 valence electrons. The topological polar surface area (TPSA) is 34.1 Å². The molecule has 14 heavy (non-hydrogen) atoms. The van der Waals surface area contributed by atoms with E-state index in [1.54, 1.807) is 12.1 Å². The van der Waals surface area contributed by atoms with E-state index in [-0.39, 0.29) is 4.90 Å². The minimum absolute atomic E-state index is 0.0590. The number of rotatable bonds is 4. The maximum atomic E-state index is 11.8. The number of hydrogen-bond donors (Lipinski definition) is 0. The lowest BCUT2D eigenvalue weighted by atomic mass is 10.4. The first-order valence-corrected chi connectivity index (χ1v) is 7.07. The molecule has 1 aromatic rings. The van der Waals surface area contributed by atoms with Crippen LogP contribution in [0.5, 0.6) is 0 Å². The third-order valence-electron chi connectivity index (χ3n) is 1.45. The van der Waals surface area contributed by atoms with Crippen molar-refractivity contribution >= 4 is 31.5 Å². The van der Waals surface area contributed by atoms with Crippen molar-refractivity contribution in [1.82, 2.24) is 0 Å². The zero-order valence-electron chi connectivity index (χ0n) is 7.11. The second kappa shape index (κ2) is 5.00. The molecule has 0 atom stereocenters. The van der Waals surface area contributed by atoms with Gasteiger partial charge in [0.15, 0.2) is 0 Å². The Kier molecular flexibility index (Phi) is 4.22. The molecule has 0 bridgehead atoms. The Morgan fingerprint density at radius 3 is 2.29 bits per heavy atom. The van der Waals surface area contributed by atoms with Crippen LogP contribution in [-0.4, -0.2) is 20.8 Å². The first-order valence-electron chi connectivity index (χ1n) is 3.77. The molecule has 0 unspecified atom stereocenters. The summed E-state index contributed by atoms with van der Waals surface area (Å²) >= 11 is 1.33. The zero-order valence-corrected chi connectivity index (χ0v) is 9.50. The lowest BCUT2D eigenvalue weighted by molar-refractivity contribution is 0.533. The van der Waals surface area contributed by atoms with Crippen molar-refractivity contribution in [1.29, 1.82) is 0 Å². The third-order valence-corrected chi connectivity index (χ3v) is 3.78. The number of alkyl halides is 1. The molecule has 1 rings (SSSR count). The predicted molar refractivity (Wildman–Crippen MR) is 56.2 cm³/mol. The van der Waals surface area contributed by atoms with Crippen LogP contribution in [0.25, 0.3) is 0 Å². The highest BCUT2D eigenvalue weighted by atomic mass is 35.7. The minimum Gasteiger partial charge on any atom is -0.250 e. The van der Waals surface area contributed by atoms with E-state index in [0.717, 1.165) is 4.90 Å². The Morgan fingerprint density at radius 2 is 1.86 bits per heavy atom. The summed E-state index contributed by atoms with van der Waals surface area (Å²) in [6.45, 7) is -0.403. The van der Waals surface area contributed by atoms with E-state index in [9.17, 15) is 12.8 Å². The smallest absolute Gasteiger partial charge is 0.250 e. The van der Waals surface area contributed by atoms with Gasteiger partial charge >= 0.3 is 0 Å². The summed E-state index contributed by atoms with van der Waals surface area (Å²) < 4.78 is 33.5. The fourth-order valence-electron chi connectivity index (χ4n) is 0.855. The Hall–Kier alpha value is -0.260. The molecule has 0 heterocycles. The number of thioether (sulfide) groups is 1. The van der Waals surface area contributed by atoms with E-state index in [4.69, 9.17) is 10.7 Å². The van der Waals surface area contributed by atoms with Crippen molar-refractivity contribution in [2.45, 2.75) is 9.79 Å². The van der Waals surface area contributed by atoms with Gasteiger partial charge in [-0.3, -0.25) is 4.39 Å². The molecule has 0 aliphatic carbocycles. The van der Waals surface area contributed by atoms with E-state index < -0.39 is 15.7 Å². The summed E-state index contributed by atoms with van der Waals surface area (Å²) in [6.07, 6.45) is 0. The maximum absolute atomic E-state index is 11.8. The summed E-state index contributed by atoms with van der Waals surface area (Å²) in [6, 6.07) is 6.02. The number of hydrogen-bond acceptors (Lipinski definition) is 3. The van der Waals surface area contributed by atoms with E-state index in [2.05, 4.69) is 0 Å². The van der Waals surface area contributed by atoms with E-state index in [1.165, 1.54) is 23.9 Å². The van der Waals surface area contributed by atoms with Crippen LogP contribution in [0, 0.1) is 0 Å². The van der Waals surface area contributed by atoms with Gasteiger partial charge in [-0.15, -0.1) is 11.8 Å². The largest absolute Gasteiger partial charge is 0.261 e. The Labute approximate surface area is 90.9 Å². The molecule has 0 saturated heterocycles. The van der Waals surface area contributed by atoms with Crippen LogP contribution in [0.3, 0.4) is 0 Å². The molecule has 0 fully saturated rings. The van der Waals surface area contributed by atoms with Crippen LogP contribution < -0.4 is 0 Å². The highest BCUT2D eigenvalue weighted by molar-refractivity contribution is 8.13. The second-order valence-electron chi connectivity index (χ2n) is 2.45. The molecule has 0 spiro atoms. The molecular weight excluding hydrogens is 247 g/mol. The highest BCUT2D eigenvalue weighted by Gasteiger charge is 2.08. The van der Waals surface area contributed by atoms with Crippen LogP contribution in [0.2, 0.25) is 0 Å². The van der Waals surface area contributed by atoms with Crippen LogP contribution in [0.4, 0.5) is 4.39 Å². The van der Waals surface area contributed by atoms with Gasteiger partial charge in [-0.2, -0.15) is 0 Å². The molecule has 0 saturated carbocycles. The Bertz CT molecular complexity index is 388. The first kappa shape index (κ1) is 11.8. The van der Waals surface area contributed by atoms with Gasteiger partial charge in [-0.1, -0.05) is 0 Å². The SMILES string of the molecule is O=S(=O)(Cl)c1ccc(SCCF)cc1. The van der Waals surface area contributed by atoms with Crippen molar-refractivity contribution in [3.8, 4) is 0 Å². The molecule has 0 aliphatic rings. The van der Waals surface area contributed by atoms with Crippen molar-refractivity contribution in [3.63, 3.8) is 0 Å². The van der Waals surface area contributed by atoms with Gasteiger partial charge < -0.3 is 0 Å². The average Bonchev–Trinajstić information content (AvgIpc) is 2.14. The molecule has 0 aliphatic heterocycles. The van der Waals surface area contributed by atoms with Crippen molar-refractivity contribution in [3.05, 3.63) is 24.3 Å². The van der Waals surface area contributed by atoms with Crippen molar-refractivity contribution < 1.29 is 12.8 Å². The fourth-order valence-corrected chi connectivity index (χ4v) is 2.27. The minimum atomic E-state index is -3.65. The third kappa shape index (κ3) is 3.48. The van der Waals surface area contributed by atoms with Crippen molar-refractivity contribution in [2.24, 2.45) is 0 Å². The summed E-state index contributed by atoms with van der Waals surface area (Å²) in [5.41, 5.74) is 0. The number of halogens is 2. The predicted octanol–water partition coefficient (Wildman–Crippen LogP) is 2.68. The van der Waals surface area contributed by atoms with E-state index in [1.807, 2.05) is 0 Å². The van der Waals surface area contributed by atoms with Crippen LogP contribution in [0.1, 0.15) is 0 Å². The van der Waals surface area contributed by atoms with Gasteiger partial charge in [0.2, 0.25) is 0 Å². The maximum Gasteiger partial charge on any atom is 0.261 e. The quantitative estimate of drug-likeness (QED) is 0.612. The highest BCUT2D eigenvalue weighted by Crippen LogP contribution is 2.21. The molecule has 0 amide bonds. The summed E-state index contributed by atoms with van der Waals surface area (Å²) in [5.74, 6) is 0.368. The van der Waals surface area contributed by atoms with Crippen LogP contribution >= 0.6 is 22.4 Å². The van der Waals surface area contributed by atoms with Gasteiger partial charge in [-0.25, -0.2) is 8.42 Å². The summed E-state index contributed by atoms with van der Waals surface area (Å²) in [5, 5.41) is 0. The van der Waals surface area contributed by atoms with Crippen LogP contribution in [-0.2, 0) is 9.05 Å². The van der Waals surface area contributed by atoms with Crippen molar-refractivity contribution in [2.75, 3.05) is 12.4 Å². The molecule has 2 nitrogen and oxygen atoms in total. The van der Waals surface area contributed by atoms with E-state index >= 15 is 0 Å². The number of benzene rings is 1. The van der Waals surface area contributed by atoms with Gasteiger partial charge in [-0.05, 0) is 24.3 Å². The molecule has 1 aromatic carbocycles. The molecular formula is C8H8ClFO2S2. The van der Waals surface area contributed by atoms with Crippen LogP contribution in [0.15, 0.2) is 34.1 Å². The standard InChI is InChI=1S/C8H8ClFO2S2/c9-14(11,12)8-3-1-7(2-4-8)13-6-5-10/h1-4H,5-6H2. The first-order chi connectivity index (χ1) is 6.54. The van der Waals surface area contributed by atoms with Gasteiger partial charge in [0.1, 0.15) is 0 Å². The Morgan fingerprint density at radius 1 is 1.29 bits per heavy atom. The normalized spacial score (nSPS) is 11.6. The average molecular weight is 255 g/mol. The van der Waals surface area contributed by atoms with Gasteiger partial charge in [0, 0.05) is 21.3 Å². The van der Waals surface area contributed by atoms with Gasteiger partial charge in [0.05, 0.1) is 11.6 Å². The lowest BCUT2D eigenvalue weighted by Gasteiger charge is -1.99. The summed E-state index contributed by atoms with van der Waals surface area (Å²) in [7, 11) is 1.47. The lowest BCUT2D eigenvalue weighted by Crippen LogP contribution is -1.89. The zero-order chi connectivity index (χ0) is 10.6.